The summed E-state index contributed by atoms with van der Waals surface area (Å²) in [6, 6.07) is 11.2. The summed E-state index contributed by atoms with van der Waals surface area (Å²) in [4.78, 5) is 35.8. The zero-order valence-electron chi connectivity index (χ0n) is 25.6. The molecule has 1 saturated heterocycles. The third-order valence-electron chi connectivity index (χ3n) is 7.98. The van der Waals surface area contributed by atoms with E-state index in [0.29, 0.717) is 30.4 Å². The molecule has 4 heterocycles. The van der Waals surface area contributed by atoms with Crippen LogP contribution in [0.15, 0.2) is 61.2 Å². The van der Waals surface area contributed by atoms with Gasteiger partial charge in [-0.3, -0.25) is 4.90 Å². The van der Waals surface area contributed by atoms with Crippen molar-refractivity contribution in [3.63, 3.8) is 0 Å². The van der Waals surface area contributed by atoms with Crippen molar-refractivity contribution in [2.24, 2.45) is 0 Å². The molecule has 0 unspecified atom stereocenters. The molecule has 0 bridgehead atoms. The minimum absolute atomic E-state index is 0.0288. The molecule has 0 spiro atoms. The second-order valence-electron chi connectivity index (χ2n) is 10.9. The number of likely N-dealkylation sites (tertiary alicyclic amines) is 1. The van der Waals surface area contributed by atoms with Crippen molar-refractivity contribution in [2.45, 2.75) is 52.1 Å². The summed E-state index contributed by atoms with van der Waals surface area (Å²) in [5, 5.41) is 0. The Hall–Kier alpha value is -5.35. The zero-order valence-corrected chi connectivity index (χ0v) is 25.6. The molecule has 5 aromatic rings. The SMILES string of the molecule is [C-]#[N+]c1ccc(OCc2nccc(OC3CCN(Cc4nc5ccc(C(=O)OC)cc5n4Cc4cncn4CC)CC3)n2)c(F)c1. The molecule has 13 heteroatoms. The predicted octanol–water partition coefficient (Wildman–Crippen LogP) is 5.19. The Kier molecular flexibility index (Phi) is 9.16. The van der Waals surface area contributed by atoms with E-state index in [-0.39, 0.29) is 30.1 Å². The molecule has 1 fully saturated rings. The van der Waals surface area contributed by atoms with Crippen molar-refractivity contribution < 1.29 is 23.4 Å². The van der Waals surface area contributed by atoms with Crippen LogP contribution in [0.3, 0.4) is 0 Å². The number of ether oxygens (including phenoxy) is 3. The number of carbonyl (C=O) groups is 1. The molecule has 2 aromatic carbocycles. The van der Waals surface area contributed by atoms with E-state index in [4.69, 9.17) is 25.8 Å². The highest BCUT2D eigenvalue weighted by molar-refractivity contribution is 5.93. The molecule has 0 saturated carbocycles. The van der Waals surface area contributed by atoms with Crippen molar-refractivity contribution in [2.75, 3.05) is 20.2 Å². The van der Waals surface area contributed by atoms with Crippen LogP contribution in [0.2, 0.25) is 0 Å². The zero-order chi connectivity index (χ0) is 32.0. The number of esters is 1. The maximum Gasteiger partial charge on any atom is 0.337 e. The number of fused-ring (bicyclic) bond motifs is 1. The quantitative estimate of drug-likeness (QED) is 0.145. The Balaban J connectivity index is 1.10. The third kappa shape index (κ3) is 6.82. The molecule has 1 aliphatic heterocycles. The van der Waals surface area contributed by atoms with Crippen LogP contribution in [0.4, 0.5) is 10.1 Å². The van der Waals surface area contributed by atoms with Crippen LogP contribution >= 0.6 is 0 Å². The van der Waals surface area contributed by atoms with Crippen molar-refractivity contribution in [3.8, 4) is 11.6 Å². The van der Waals surface area contributed by atoms with E-state index in [9.17, 15) is 9.18 Å². The van der Waals surface area contributed by atoms with Crippen molar-refractivity contribution in [1.82, 2.24) is 34.0 Å². The lowest BCUT2D eigenvalue weighted by Crippen LogP contribution is -2.38. The summed E-state index contributed by atoms with van der Waals surface area (Å²) >= 11 is 0. The van der Waals surface area contributed by atoms with Gasteiger partial charge < -0.3 is 23.3 Å². The van der Waals surface area contributed by atoms with Crippen LogP contribution in [-0.4, -0.2) is 66.2 Å². The van der Waals surface area contributed by atoms with Crippen molar-refractivity contribution in [1.29, 1.82) is 0 Å². The first kappa shape index (κ1) is 30.7. The van der Waals surface area contributed by atoms with Crippen molar-refractivity contribution >= 4 is 22.7 Å². The molecule has 46 heavy (non-hydrogen) atoms. The van der Waals surface area contributed by atoms with E-state index in [1.807, 2.05) is 24.7 Å². The molecule has 0 radical (unpaired) electrons. The van der Waals surface area contributed by atoms with E-state index in [0.717, 1.165) is 61.1 Å². The Labute approximate surface area is 265 Å². The van der Waals surface area contributed by atoms with Gasteiger partial charge in [-0.25, -0.2) is 29.0 Å². The molecular formula is C33H33FN8O4. The Bertz CT molecular complexity index is 1890. The number of imidazole rings is 2. The molecule has 0 amide bonds. The number of carbonyl (C=O) groups excluding carboxylic acids is 1. The molecule has 6 rings (SSSR count). The van der Waals surface area contributed by atoms with E-state index >= 15 is 0 Å². The average Bonchev–Trinajstić information content (AvgIpc) is 3.68. The van der Waals surface area contributed by atoms with Gasteiger partial charge in [-0.1, -0.05) is 6.07 Å². The number of halogens is 1. The van der Waals surface area contributed by atoms with Gasteiger partial charge in [0, 0.05) is 38.1 Å². The average molecular weight is 625 g/mol. The third-order valence-corrected chi connectivity index (χ3v) is 7.98. The molecule has 3 aromatic heterocycles. The monoisotopic (exact) mass is 624 g/mol. The van der Waals surface area contributed by atoms with Gasteiger partial charge in [0.15, 0.2) is 23.1 Å². The van der Waals surface area contributed by atoms with E-state index in [1.165, 1.54) is 19.2 Å². The highest BCUT2D eigenvalue weighted by Crippen LogP contribution is 2.25. The van der Waals surface area contributed by atoms with Crippen molar-refractivity contribution in [3.05, 3.63) is 101 Å². The highest BCUT2D eigenvalue weighted by Gasteiger charge is 2.24. The predicted molar refractivity (Wildman–Crippen MR) is 166 cm³/mol. The number of rotatable bonds is 11. The second-order valence-corrected chi connectivity index (χ2v) is 10.9. The number of piperidine rings is 1. The van der Waals surface area contributed by atoms with Gasteiger partial charge in [-0.2, -0.15) is 4.98 Å². The fourth-order valence-corrected chi connectivity index (χ4v) is 5.53. The number of hydrogen-bond acceptors (Lipinski definition) is 9. The number of nitrogens with zero attached hydrogens (tertiary/aromatic N) is 8. The van der Waals surface area contributed by atoms with E-state index in [2.05, 4.69) is 40.8 Å². The normalized spacial score (nSPS) is 13.9. The summed E-state index contributed by atoms with van der Waals surface area (Å²) in [5.41, 5.74) is 3.42. The number of benzene rings is 2. The summed E-state index contributed by atoms with van der Waals surface area (Å²) in [6.07, 6.45) is 6.84. The molecule has 1 aliphatic rings. The maximum atomic E-state index is 14.2. The molecular weight excluding hydrogens is 591 g/mol. The molecule has 0 aliphatic carbocycles. The summed E-state index contributed by atoms with van der Waals surface area (Å²) in [5.74, 6) is 0.737. The Morgan fingerprint density at radius 1 is 1.11 bits per heavy atom. The van der Waals surface area contributed by atoms with Gasteiger partial charge in [-0.15, -0.1) is 0 Å². The van der Waals surface area contributed by atoms with Crippen LogP contribution in [0.1, 0.15) is 47.5 Å². The lowest BCUT2D eigenvalue weighted by atomic mass is 10.1. The smallest absolute Gasteiger partial charge is 0.337 e. The second kappa shape index (κ2) is 13.7. The highest BCUT2D eigenvalue weighted by atomic mass is 19.1. The Morgan fingerprint density at radius 2 is 1.96 bits per heavy atom. The summed E-state index contributed by atoms with van der Waals surface area (Å²) in [7, 11) is 1.38. The number of aromatic nitrogens is 6. The molecule has 12 nitrogen and oxygen atoms in total. The van der Waals surface area contributed by atoms with E-state index in [1.54, 1.807) is 18.3 Å². The van der Waals surface area contributed by atoms with Gasteiger partial charge in [0.2, 0.25) is 5.88 Å². The minimum atomic E-state index is -0.609. The number of hydrogen-bond donors (Lipinski definition) is 0. The first-order valence-electron chi connectivity index (χ1n) is 15.0. The van der Waals surface area contributed by atoms with Crippen LogP contribution in [0.5, 0.6) is 11.6 Å². The van der Waals surface area contributed by atoms with Gasteiger partial charge in [-0.05, 0) is 50.1 Å². The number of methoxy groups -OCH3 is 1. The van der Waals surface area contributed by atoms with Gasteiger partial charge in [0.25, 0.3) is 0 Å². The van der Waals surface area contributed by atoms with Crippen LogP contribution in [-0.2, 0) is 31.0 Å². The van der Waals surface area contributed by atoms with Gasteiger partial charge in [0.1, 0.15) is 18.5 Å². The Morgan fingerprint density at radius 3 is 2.72 bits per heavy atom. The molecule has 0 atom stereocenters. The fourth-order valence-electron chi connectivity index (χ4n) is 5.53. The first-order chi connectivity index (χ1) is 22.4. The van der Waals surface area contributed by atoms with Crippen LogP contribution in [0, 0.1) is 12.4 Å². The fraction of sp³-hybridized carbons (Fsp3) is 0.333. The van der Waals surface area contributed by atoms with Crippen LogP contribution in [0.25, 0.3) is 15.9 Å². The standard InChI is InChI=1S/C33H33FN8O4/c1-4-41-21-36-17-24(41)18-42-28-15-22(33(43)44-3)5-7-27(28)38-31(42)19-40-13-10-25(11-14-40)46-32-9-12-37-30(39-32)20-45-29-8-6-23(35-2)16-26(29)34/h5-9,12,15-17,21,25H,4,10-11,13-14,18-20H2,1,3H3. The first-order valence-corrected chi connectivity index (χ1v) is 15.0. The molecule has 236 valence electrons. The largest absolute Gasteiger partial charge is 0.483 e. The van der Waals surface area contributed by atoms with E-state index < -0.39 is 5.82 Å². The maximum absolute atomic E-state index is 14.2. The molecule has 0 N–H and O–H groups in total. The lowest BCUT2D eigenvalue weighted by Gasteiger charge is -2.31. The topological polar surface area (TPSA) is 114 Å². The van der Waals surface area contributed by atoms with Crippen LogP contribution < -0.4 is 9.47 Å². The van der Waals surface area contributed by atoms with Gasteiger partial charge in [0.05, 0.1) is 55.4 Å². The lowest BCUT2D eigenvalue weighted by molar-refractivity contribution is 0.0601. The number of aryl methyl sites for hydroxylation is 1. The summed E-state index contributed by atoms with van der Waals surface area (Å²) in [6.45, 7) is 12.7. The van der Waals surface area contributed by atoms with Gasteiger partial charge >= 0.3 is 5.97 Å². The minimum Gasteiger partial charge on any atom is -0.483 e. The summed E-state index contributed by atoms with van der Waals surface area (Å²) < 4.78 is 35.1.